The average molecular weight is 997 g/mol. The zero-order valence-electron chi connectivity index (χ0n) is 44.1. The second kappa shape index (κ2) is 19.2. The summed E-state index contributed by atoms with van der Waals surface area (Å²) in [4.78, 5) is 12.9. The topological polar surface area (TPSA) is 127 Å². The quantitative estimate of drug-likeness (QED) is 0.125. The molecule has 0 saturated carbocycles. The summed E-state index contributed by atoms with van der Waals surface area (Å²) in [7, 11) is 4.38. The van der Waals surface area contributed by atoms with E-state index in [1.807, 2.05) is 158 Å². The number of aromatic nitrogens is 6. The zero-order valence-corrected chi connectivity index (χ0v) is 45.7. The average Bonchev–Trinajstić information content (AvgIpc) is 4.09. The maximum absolute atomic E-state index is 6.06. The largest absolute Gasteiger partial charge is 0.494 e. The molecule has 0 aliphatic carbocycles. The van der Waals surface area contributed by atoms with Gasteiger partial charge in [-0.1, -0.05) is 40.2 Å². The molecule has 3 aromatic carbocycles. The number of nitrogens with zero attached hydrogens (tertiary/aromatic N) is 6. The maximum atomic E-state index is 6.06. The first-order valence-electron chi connectivity index (χ1n) is 23.3. The number of hydrogen-bond donors (Lipinski definition) is 0. The van der Waals surface area contributed by atoms with Crippen LogP contribution in [0.25, 0.3) is 33.1 Å². The monoisotopic (exact) mass is 997 g/mol. The maximum Gasteiger partial charge on any atom is 0.494 e. The highest BCUT2D eigenvalue weighted by Gasteiger charge is 2.64. The molecule has 10 rings (SSSR count). The molecule has 0 amide bonds. The molecule has 0 unspecified atom stereocenters. The van der Waals surface area contributed by atoms with Crippen molar-refractivity contribution in [1.29, 1.82) is 0 Å². The summed E-state index contributed by atoms with van der Waals surface area (Å²) in [6.45, 7) is 32.7. The number of halogens is 1. The summed E-state index contributed by atoms with van der Waals surface area (Å²) in [5, 5.41) is 0. The highest BCUT2D eigenvalue weighted by atomic mass is 79.9. The summed E-state index contributed by atoms with van der Waals surface area (Å²) in [5.74, 6) is 1.81. The van der Waals surface area contributed by atoms with E-state index >= 15 is 0 Å². The first-order chi connectivity index (χ1) is 31.4. The summed E-state index contributed by atoms with van der Waals surface area (Å²) >= 11 is 2.94. The molecule has 3 aromatic heterocycles. The Labute approximate surface area is 414 Å². The second-order valence-electron chi connectivity index (χ2n) is 22.0. The molecule has 4 aliphatic rings. The summed E-state index contributed by atoms with van der Waals surface area (Å²) < 4.78 is 54.1. The Morgan fingerprint density at radius 1 is 0.368 bits per heavy atom. The first kappa shape index (κ1) is 53.8. The van der Waals surface area contributed by atoms with Crippen LogP contribution >= 0.6 is 15.9 Å². The van der Waals surface area contributed by atoms with Crippen LogP contribution in [0.5, 0.6) is 0 Å². The Kier molecular flexibility index (Phi) is 15.2. The molecular weight excluding hydrogens is 924 g/mol. The lowest BCUT2D eigenvalue weighted by molar-refractivity contribution is 0.00578. The van der Waals surface area contributed by atoms with Crippen LogP contribution in [0, 0.1) is 0 Å². The summed E-state index contributed by atoms with van der Waals surface area (Å²) in [6.07, 6.45) is 5.46. The number of fused-ring (bicyclic) bond motifs is 3. The lowest BCUT2D eigenvalue weighted by Crippen LogP contribution is -2.41. The Hall–Kier alpha value is -3.51. The molecule has 0 N–H and O–H groups in total. The predicted molar refractivity (Wildman–Crippen MR) is 281 cm³/mol. The van der Waals surface area contributed by atoms with Crippen molar-refractivity contribution in [2.75, 3.05) is 5.83 Å². The minimum absolute atomic E-state index is 0.306. The molecule has 4 fully saturated rings. The van der Waals surface area contributed by atoms with Crippen molar-refractivity contribution in [3.63, 3.8) is 0 Å². The standard InChI is InChI=1S/2C14H19BN2O2.C12H24B2O4.C8H8N2.CH3Br/c1-13(2)14(3,4)19-15(18-13)10-6-7-12-11(8-10)16-9-17(12)5;1-13(2)14(3,4)19-15(18-13)10-6-7-11-12(8-10)17(5)9-16-11;1-9(2)10(3,4)16-13(15-9)14-17-11(5,6)12(7,8)18-14;1-10-6-9-7-4-2-3-5-8(7)10;1-2/h2*6-9H,1-5H3;1-8H3;2-6H,1H3;1H3. The molecule has 7 heterocycles. The van der Waals surface area contributed by atoms with Gasteiger partial charge in [0, 0.05) is 21.1 Å². The summed E-state index contributed by atoms with van der Waals surface area (Å²) in [6, 6.07) is 20.3. The van der Waals surface area contributed by atoms with Gasteiger partial charge in [-0.05, 0) is 164 Å². The highest BCUT2D eigenvalue weighted by Crippen LogP contribution is 2.43. The Balaban J connectivity index is 0.000000150. The van der Waals surface area contributed by atoms with Gasteiger partial charge in [0.15, 0.2) is 0 Å². The lowest BCUT2D eigenvalue weighted by atomic mass is 9.49. The van der Waals surface area contributed by atoms with Gasteiger partial charge in [0.05, 0.1) is 96.9 Å². The lowest BCUT2D eigenvalue weighted by Gasteiger charge is -2.32. The van der Waals surface area contributed by atoms with Crippen molar-refractivity contribution in [2.45, 2.75) is 156 Å². The molecule has 4 saturated heterocycles. The third-order valence-corrected chi connectivity index (χ3v) is 14.9. The molecule has 19 heteroatoms. The number of imidazole rings is 3. The van der Waals surface area contributed by atoms with Crippen molar-refractivity contribution in [2.24, 2.45) is 21.1 Å². The van der Waals surface area contributed by atoms with E-state index in [0.717, 1.165) is 38.5 Å². The van der Waals surface area contributed by atoms with Crippen molar-refractivity contribution in [3.05, 3.63) is 79.6 Å². The van der Waals surface area contributed by atoms with Crippen molar-refractivity contribution in [3.8, 4) is 0 Å². The van der Waals surface area contributed by atoms with Crippen LogP contribution < -0.4 is 10.9 Å². The highest BCUT2D eigenvalue weighted by molar-refractivity contribution is 9.08. The molecule has 14 nitrogen and oxygen atoms in total. The SMILES string of the molecule is CBr.CC1(C)OB(B2OC(C)(C)C(C)(C)O2)OC1(C)C.Cn1cnc2cc(B3OC(C)(C)C(C)(C)O3)ccc21.Cn1cnc2ccc(B3OC(C)(C)C(C)(C)O3)cc21.Cn1cnc2ccccc21. The van der Waals surface area contributed by atoms with E-state index in [0.29, 0.717) is 0 Å². The van der Waals surface area contributed by atoms with Crippen LogP contribution in [0.15, 0.2) is 79.6 Å². The molecule has 0 radical (unpaired) electrons. The Morgan fingerprint density at radius 2 is 0.676 bits per heavy atom. The molecule has 0 spiro atoms. The number of alkyl halides is 1. The van der Waals surface area contributed by atoms with Crippen LogP contribution in [-0.4, -0.2) is 108 Å². The molecule has 0 atom stereocenters. The van der Waals surface area contributed by atoms with E-state index < -0.39 is 14.0 Å². The summed E-state index contributed by atoms with van der Waals surface area (Å²) in [5.41, 5.74) is 5.79. The van der Waals surface area contributed by atoms with Gasteiger partial charge in [-0.25, -0.2) is 15.0 Å². The second-order valence-corrected chi connectivity index (χ2v) is 22.0. The first-order valence-corrected chi connectivity index (χ1v) is 24.9. The van der Waals surface area contributed by atoms with Gasteiger partial charge < -0.3 is 50.9 Å². The van der Waals surface area contributed by atoms with Gasteiger partial charge in [-0.15, -0.1) is 0 Å². The van der Waals surface area contributed by atoms with Gasteiger partial charge in [-0.2, -0.15) is 0 Å². The fourth-order valence-corrected chi connectivity index (χ4v) is 7.63. The normalized spacial score (nSPS) is 22.0. The number of rotatable bonds is 3. The van der Waals surface area contributed by atoms with Gasteiger partial charge in [-0.3, -0.25) is 0 Å². The van der Waals surface area contributed by atoms with Gasteiger partial charge in [0.2, 0.25) is 0 Å². The molecular formula is C49H73B4BrN6O8. The van der Waals surface area contributed by atoms with Crippen molar-refractivity contribution < 1.29 is 37.2 Å². The molecule has 6 aromatic rings. The Bertz CT molecular complexity index is 2600. The number of hydrogen-bond acceptors (Lipinski definition) is 11. The number of aryl methyl sites for hydroxylation is 3. The van der Waals surface area contributed by atoms with Crippen LogP contribution in [0.2, 0.25) is 0 Å². The van der Waals surface area contributed by atoms with Crippen molar-refractivity contribution in [1.82, 2.24) is 28.7 Å². The fourth-order valence-electron chi connectivity index (χ4n) is 7.63. The fraction of sp³-hybridized carbons (Fsp3) is 0.571. The Morgan fingerprint density at radius 3 is 1.09 bits per heavy atom. The predicted octanol–water partition coefficient (Wildman–Crippen LogP) is 8.58. The van der Waals surface area contributed by atoms with E-state index in [1.54, 1.807) is 0 Å². The van der Waals surface area contributed by atoms with E-state index in [2.05, 4.69) is 104 Å². The number of benzene rings is 3. The van der Waals surface area contributed by atoms with Crippen molar-refractivity contribution >= 4 is 88.2 Å². The van der Waals surface area contributed by atoms with Crippen LogP contribution in [0.3, 0.4) is 0 Å². The van der Waals surface area contributed by atoms with E-state index in [4.69, 9.17) is 37.2 Å². The smallest absolute Gasteiger partial charge is 0.405 e. The molecule has 366 valence electrons. The van der Waals surface area contributed by atoms with Crippen LogP contribution in [0.1, 0.15) is 111 Å². The minimum Gasteiger partial charge on any atom is -0.405 e. The number of para-hydroxylation sites is 2. The van der Waals surface area contributed by atoms with E-state index in [1.165, 1.54) is 5.52 Å². The molecule has 0 bridgehead atoms. The van der Waals surface area contributed by atoms with Gasteiger partial charge in [0.25, 0.3) is 0 Å². The third kappa shape index (κ3) is 10.7. The minimum atomic E-state index is -0.476. The zero-order chi connectivity index (χ0) is 50.6. The van der Waals surface area contributed by atoms with Gasteiger partial charge in [0.1, 0.15) is 0 Å². The van der Waals surface area contributed by atoms with Gasteiger partial charge >= 0.3 is 28.3 Å². The van der Waals surface area contributed by atoms with Crippen LogP contribution in [-0.2, 0) is 58.4 Å². The van der Waals surface area contributed by atoms with E-state index in [9.17, 15) is 0 Å². The molecule has 68 heavy (non-hydrogen) atoms. The van der Waals surface area contributed by atoms with E-state index in [-0.39, 0.29) is 59.0 Å². The third-order valence-electron chi connectivity index (χ3n) is 14.9. The molecule has 4 aliphatic heterocycles. The van der Waals surface area contributed by atoms with Crippen LogP contribution in [0.4, 0.5) is 0 Å².